The van der Waals surface area contributed by atoms with Gasteiger partial charge in [-0.1, -0.05) is 12.1 Å². The number of nitrogens with one attached hydrogen (secondary N) is 1. The molecule has 7 nitrogen and oxygen atoms in total. The molecule has 0 saturated carbocycles. The average molecular weight is 335 g/mol. The van der Waals surface area contributed by atoms with E-state index in [0.717, 1.165) is 48.4 Å². The van der Waals surface area contributed by atoms with Gasteiger partial charge in [0.25, 0.3) is 5.69 Å². The molecule has 1 aromatic carbocycles. The van der Waals surface area contributed by atoms with Crippen molar-refractivity contribution in [3.8, 4) is 16.9 Å². The van der Waals surface area contributed by atoms with E-state index in [9.17, 15) is 10.1 Å². The maximum atomic E-state index is 11.4. The number of para-hydroxylation sites is 2. The van der Waals surface area contributed by atoms with Crippen molar-refractivity contribution >= 4 is 11.5 Å². The van der Waals surface area contributed by atoms with Gasteiger partial charge in [0.1, 0.15) is 11.5 Å². The Bertz CT molecular complexity index is 920. The molecular formula is C18H17N5O2. The first-order chi connectivity index (χ1) is 12.3. The Hall–Kier alpha value is -3.22. The van der Waals surface area contributed by atoms with Gasteiger partial charge in [-0.3, -0.25) is 15.1 Å². The molecule has 1 N–H and O–H groups in total. The third-order valence-electron chi connectivity index (χ3n) is 4.39. The first kappa shape index (κ1) is 15.3. The van der Waals surface area contributed by atoms with Crippen LogP contribution in [-0.2, 0) is 6.42 Å². The molecular weight excluding hydrogens is 318 g/mol. The second kappa shape index (κ2) is 6.35. The van der Waals surface area contributed by atoms with Crippen molar-refractivity contribution in [2.75, 3.05) is 11.9 Å². The third kappa shape index (κ3) is 2.73. The molecule has 0 atom stereocenters. The van der Waals surface area contributed by atoms with Crippen molar-refractivity contribution in [2.45, 2.75) is 19.3 Å². The monoisotopic (exact) mass is 335 g/mol. The minimum atomic E-state index is -0.369. The van der Waals surface area contributed by atoms with Gasteiger partial charge in [-0.2, -0.15) is 5.10 Å². The van der Waals surface area contributed by atoms with E-state index in [4.69, 9.17) is 5.10 Å². The van der Waals surface area contributed by atoms with Gasteiger partial charge < -0.3 is 5.32 Å². The number of pyridine rings is 1. The number of fused-ring (bicyclic) bond motifs is 1. The highest BCUT2D eigenvalue weighted by molar-refractivity contribution is 5.72. The molecule has 0 spiro atoms. The van der Waals surface area contributed by atoms with E-state index in [0.29, 0.717) is 5.69 Å². The van der Waals surface area contributed by atoms with E-state index in [-0.39, 0.29) is 10.6 Å². The third-order valence-corrected chi connectivity index (χ3v) is 4.39. The van der Waals surface area contributed by atoms with E-state index in [1.165, 1.54) is 6.07 Å². The fourth-order valence-corrected chi connectivity index (χ4v) is 3.22. The number of nitrogens with zero attached hydrogens (tertiary/aromatic N) is 4. The van der Waals surface area contributed by atoms with Crippen LogP contribution in [0, 0.1) is 10.1 Å². The Kier molecular flexibility index (Phi) is 3.89. The number of anilines is 1. The molecule has 7 heteroatoms. The smallest absolute Gasteiger partial charge is 0.294 e. The number of nitro groups is 1. The Morgan fingerprint density at radius 1 is 1.12 bits per heavy atom. The summed E-state index contributed by atoms with van der Waals surface area (Å²) in [5.41, 5.74) is 3.43. The van der Waals surface area contributed by atoms with Crippen LogP contribution >= 0.6 is 0 Å². The number of hydrogen-bond donors (Lipinski definition) is 1. The summed E-state index contributed by atoms with van der Waals surface area (Å²) in [7, 11) is 0. The van der Waals surface area contributed by atoms with Gasteiger partial charge in [0.05, 0.1) is 10.6 Å². The second-order valence-corrected chi connectivity index (χ2v) is 5.95. The van der Waals surface area contributed by atoms with Gasteiger partial charge in [-0.05, 0) is 37.5 Å². The van der Waals surface area contributed by atoms with Gasteiger partial charge in [0, 0.05) is 36.1 Å². The van der Waals surface area contributed by atoms with Gasteiger partial charge >= 0.3 is 0 Å². The Morgan fingerprint density at radius 2 is 1.92 bits per heavy atom. The van der Waals surface area contributed by atoms with Crippen molar-refractivity contribution in [1.29, 1.82) is 0 Å². The highest BCUT2D eigenvalue weighted by Crippen LogP contribution is 2.35. The predicted octanol–water partition coefficient (Wildman–Crippen LogP) is 3.59. The van der Waals surface area contributed by atoms with Gasteiger partial charge in [0.2, 0.25) is 0 Å². The van der Waals surface area contributed by atoms with Crippen molar-refractivity contribution < 1.29 is 4.92 Å². The Balaban J connectivity index is 1.95. The van der Waals surface area contributed by atoms with E-state index >= 15 is 0 Å². The number of benzene rings is 1. The van der Waals surface area contributed by atoms with Crippen LogP contribution in [-0.4, -0.2) is 26.2 Å². The minimum absolute atomic E-state index is 0.0418. The van der Waals surface area contributed by atoms with E-state index in [2.05, 4.69) is 10.3 Å². The lowest BCUT2D eigenvalue weighted by atomic mass is 10.0. The quantitative estimate of drug-likeness (QED) is 0.584. The molecule has 126 valence electrons. The highest BCUT2D eigenvalue weighted by Gasteiger charge is 2.25. The average Bonchev–Trinajstić information content (AvgIpc) is 2.83. The van der Waals surface area contributed by atoms with E-state index in [1.807, 2.05) is 12.1 Å². The lowest BCUT2D eigenvalue weighted by molar-refractivity contribution is -0.384. The molecule has 0 unspecified atom stereocenters. The number of rotatable bonds is 3. The summed E-state index contributed by atoms with van der Waals surface area (Å²) < 4.78 is 1.68. The molecule has 0 amide bonds. The summed E-state index contributed by atoms with van der Waals surface area (Å²) in [4.78, 5) is 15.1. The van der Waals surface area contributed by atoms with E-state index in [1.54, 1.807) is 35.3 Å². The van der Waals surface area contributed by atoms with Crippen molar-refractivity contribution in [3.63, 3.8) is 0 Å². The largest absolute Gasteiger partial charge is 0.370 e. The molecule has 3 aromatic rings. The van der Waals surface area contributed by atoms with Crippen LogP contribution in [0.3, 0.4) is 0 Å². The molecule has 4 rings (SSSR count). The number of hydrogen-bond acceptors (Lipinski definition) is 5. The van der Waals surface area contributed by atoms with Crippen LogP contribution in [0.4, 0.5) is 11.5 Å². The van der Waals surface area contributed by atoms with Crippen LogP contribution in [0.1, 0.15) is 18.4 Å². The first-order valence-corrected chi connectivity index (χ1v) is 8.25. The maximum Gasteiger partial charge on any atom is 0.294 e. The summed E-state index contributed by atoms with van der Waals surface area (Å²) in [5.74, 6) is 0.846. The number of aromatic nitrogens is 3. The lowest BCUT2D eigenvalue weighted by Gasteiger charge is -2.09. The van der Waals surface area contributed by atoms with Crippen LogP contribution < -0.4 is 5.32 Å². The zero-order valence-corrected chi connectivity index (χ0v) is 13.6. The van der Waals surface area contributed by atoms with Gasteiger partial charge in [0.15, 0.2) is 0 Å². The van der Waals surface area contributed by atoms with E-state index < -0.39 is 0 Å². The summed E-state index contributed by atoms with van der Waals surface area (Å²) in [6, 6.07) is 10.5. The minimum Gasteiger partial charge on any atom is -0.370 e. The molecule has 3 heterocycles. The standard InChI is InChI=1S/C18H17N5O2/c24-23(25)16-7-2-1-6-15(16)22-18-14(5-3-4-10-20-18)17(21-22)13-8-11-19-12-9-13/h1-2,6-9,11-12,20H,3-5,10H2. The first-order valence-electron chi connectivity index (χ1n) is 8.25. The van der Waals surface area contributed by atoms with Crippen molar-refractivity contribution in [3.05, 3.63) is 64.5 Å². The SMILES string of the molecule is O=[N+]([O-])c1ccccc1-n1nc(-c2ccncc2)c2c1NCCCC2. The normalized spacial score (nSPS) is 13.6. The molecule has 1 aliphatic heterocycles. The fraction of sp³-hybridized carbons (Fsp3) is 0.222. The fourth-order valence-electron chi connectivity index (χ4n) is 3.22. The molecule has 1 aliphatic rings. The maximum absolute atomic E-state index is 11.4. The molecule has 2 aromatic heterocycles. The molecule has 0 bridgehead atoms. The highest BCUT2D eigenvalue weighted by atomic mass is 16.6. The summed E-state index contributed by atoms with van der Waals surface area (Å²) in [5, 5.41) is 19.6. The molecule has 0 aliphatic carbocycles. The summed E-state index contributed by atoms with van der Waals surface area (Å²) >= 11 is 0. The summed E-state index contributed by atoms with van der Waals surface area (Å²) in [6.07, 6.45) is 6.47. The Labute approximate surface area is 144 Å². The summed E-state index contributed by atoms with van der Waals surface area (Å²) in [6.45, 7) is 0.828. The van der Waals surface area contributed by atoms with Crippen molar-refractivity contribution in [1.82, 2.24) is 14.8 Å². The molecule has 0 radical (unpaired) electrons. The number of nitro benzene ring substituents is 1. The molecule has 25 heavy (non-hydrogen) atoms. The topological polar surface area (TPSA) is 85.9 Å². The van der Waals surface area contributed by atoms with Gasteiger partial charge in [-0.15, -0.1) is 0 Å². The van der Waals surface area contributed by atoms with Gasteiger partial charge in [-0.25, -0.2) is 4.68 Å². The second-order valence-electron chi connectivity index (χ2n) is 5.95. The lowest BCUT2D eigenvalue weighted by Crippen LogP contribution is -2.08. The zero-order valence-electron chi connectivity index (χ0n) is 13.6. The van der Waals surface area contributed by atoms with Crippen molar-refractivity contribution in [2.24, 2.45) is 0 Å². The Morgan fingerprint density at radius 3 is 2.72 bits per heavy atom. The molecule has 0 saturated heterocycles. The zero-order chi connectivity index (χ0) is 17.2. The van der Waals surface area contributed by atoms with Crippen LogP contribution in [0.5, 0.6) is 0 Å². The van der Waals surface area contributed by atoms with Crippen LogP contribution in [0.15, 0.2) is 48.8 Å². The predicted molar refractivity (Wildman–Crippen MR) is 94.9 cm³/mol. The van der Waals surface area contributed by atoms with Crippen LogP contribution in [0.2, 0.25) is 0 Å². The van der Waals surface area contributed by atoms with Crippen LogP contribution in [0.25, 0.3) is 16.9 Å². The molecule has 0 fully saturated rings.